The van der Waals surface area contributed by atoms with E-state index in [2.05, 4.69) is 51.6 Å². The third kappa shape index (κ3) is 7.40. The van der Waals surface area contributed by atoms with E-state index in [1.54, 1.807) is 0 Å². The Hall–Kier alpha value is -1.06. The van der Waals surface area contributed by atoms with E-state index in [9.17, 15) is 0 Å². The Morgan fingerprint density at radius 1 is 1.04 bits per heavy atom. The van der Waals surface area contributed by atoms with Gasteiger partial charge in [0.2, 0.25) is 0 Å². The van der Waals surface area contributed by atoms with Gasteiger partial charge in [0.1, 0.15) is 0 Å². The molecule has 0 radical (unpaired) electrons. The van der Waals surface area contributed by atoms with Crippen LogP contribution in [0.5, 0.6) is 0 Å². The minimum atomic E-state index is 0. The van der Waals surface area contributed by atoms with Gasteiger partial charge in [-0.2, -0.15) is 0 Å². The summed E-state index contributed by atoms with van der Waals surface area (Å²) in [5.74, 6) is 0.909. The fraction of sp³-hybridized carbons (Fsp3) is 0.667. The second kappa shape index (κ2) is 13.2. The lowest BCUT2D eigenvalue weighted by atomic mass is 10.1. The highest BCUT2D eigenvalue weighted by Crippen LogP contribution is 2.22. The van der Waals surface area contributed by atoms with Crippen molar-refractivity contribution in [2.75, 3.05) is 63.9 Å². The molecule has 2 aliphatic rings. The summed E-state index contributed by atoms with van der Waals surface area (Å²) >= 11 is 0. The summed E-state index contributed by atoms with van der Waals surface area (Å²) in [5.41, 5.74) is 2.56. The molecule has 2 saturated heterocycles. The molecule has 3 rings (SSSR count). The molecule has 1 aromatic rings. The molecule has 2 N–H and O–H groups in total. The van der Waals surface area contributed by atoms with E-state index in [1.165, 1.54) is 43.6 Å². The minimum absolute atomic E-state index is 0. The van der Waals surface area contributed by atoms with Crippen LogP contribution in [0.2, 0.25) is 0 Å². The Kier molecular flexibility index (Phi) is 11.0. The van der Waals surface area contributed by atoms with E-state index in [4.69, 9.17) is 9.73 Å². The number of guanidine groups is 1. The van der Waals surface area contributed by atoms with Gasteiger partial charge in [0.15, 0.2) is 5.96 Å². The number of nitrogens with one attached hydrogen (secondary N) is 2. The second-order valence-electron chi connectivity index (χ2n) is 7.25. The molecule has 28 heavy (non-hydrogen) atoms. The summed E-state index contributed by atoms with van der Waals surface area (Å²) in [4.78, 5) is 9.80. The number of ether oxygens (including phenoxy) is 1. The van der Waals surface area contributed by atoms with Crippen molar-refractivity contribution in [2.45, 2.75) is 32.7 Å². The molecule has 0 aliphatic carbocycles. The van der Waals surface area contributed by atoms with Crippen LogP contribution in [0.4, 0.5) is 5.69 Å². The number of piperidine rings is 1. The largest absolute Gasteiger partial charge is 0.378 e. The predicted molar refractivity (Wildman–Crippen MR) is 128 cm³/mol. The molecule has 0 saturated carbocycles. The van der Waals surface area contributed by atoms with Gasteiger partial charge in [0.25, 0.3) is 0 Å². The number of hydrogen-bond acceptors (Lipinski definition) is 4. The van der Waals surface area contributed by atoms with Crippen LogP contribution in [-0.2, 0) is 11.3 Å². The van der Waals surface area contributed by atoms with Crippen LogP contribution in [0.3, 0.4) is 0 Å². The van der Waals surface area contributed by atoms with Gasteiger partial charge in [-0.3, -0.25) is 0 Å². The third-order valence-corrected chi connectivity index (χ3v) is 5.26. The summed E-state index contributed by atoms with van der Waals surface area (Å²) in [6, 6.07) is 8.60. The lowest BCUT2D eigenvalue weighted by Crippen LogP contribution is -2.42. The maximum Gasteiger partial charge on any atom is 0.191 e. The smallest absolute Gasteiger partial charge is 0.191 e. The van der Waals surface area contributed by atoms with Crippen molar-refractivity contribution in [2.24, 2.45) is 4.99 Å². The SMILES string of the molecule is CCNC(=NCc1ccccc1N1CCOCC1)NCCN1CCCCC1.I. The zero-order valence-electron chi connectivity index (χ0n) is 17.2. The van der Waals surface area contributed by atoms with E-state index >= 15 is 0 Å². The first-order chi connectivity index (χ1) is 13.4. The summed E-state index contributed by atoms with van der Waals surface area (Å²) in [7, 11) is 0. The summed E-state index contributed by atoms with van der Waals surface area (Å²) in [6.45, 7) is 11.7. The molecule has 0 atom stereocenters. The average Bonchev–Trinajstić information content (AvgIpc) is 2.74. The summed E-state index contributed by atoms with van der Waals surface area (Å²) in [5, 5.41) is 6.88. The average molecular weight is 501 g/mol. The zero-order valence-corrected chi connectivity index (χ0v) is 19.5. The molecule has 2 heterocycles. The van der Waals surface area contributed by atoms with E-state index in [-0.39, 0.29) is 24.0 Å². The number of hydrogen-bond donors (Lipinski definition) is 2. The van der Waals surface area contributed by atoms with Gasteiger partial charge < -0.3 is 25.2 Å². The van der Waals surface area contributed by atoms with Gasteiger partial charge >= 0.3 is 0 Å². The van der Waals surface area contributed by atoms with Gasteiger partial charge in [-0.25, -0.2) is 4.99 Å². The molecule has 0 unspecified atom stereocenters. The molecule has 0 bridgehead atoms. The van der Waals surface area contributed by atoms with Gasteiger partial charge in [0.05, 0.1) is 19.8 Å². The van der Waals surface area contributed by atoms with Gasteiger partial charge in [-0.15, -0.1) is 24.0 Å². The molecule has 0 amide bonds. The number of morpholine rings is 1. The molecule has 158 valence electrons. The van der Waals surface area contributed by atoms with Crippen LogP contribution < -0.4 is 15.5 Å². The topological polar surface area (TPSA) is 52.1 Å². The van der Waals surface area contributed by atoms with Crippen LogP contribution in [-0.4, -0.2) is 69.9 Å². The highest BCUT2D eigenvalue weighted by molar-refractivity contribution is 14.0. The zero-order chi connectivity index (χ0) is 18.7. The van der Waals surface area contributed by atoms with Gasteiger partial charge in [0, 0.05) is 38.4 Å². The molecule has 0 aromatic heterocycles. The first kappa shape index (κ1) is 23.2. The van der Waals surface area contributed by atoms with E-state index in [0.717, 1.165) is 51.9 Å². The molecule has 7 heteroatoms. The Labute approximate surface area is 187 Å². The van der Waals surface area contributed by atoms with Crippen molar-refractivity contribution in [3.63, 3.8) is 0 Å². The lowest BCUT2D eigenvalue weighted by molar-refractivity contribution is 0.122. The highest BCUT2D eigenvalue weighted by Gasteiger charge is 2.14. The van der Waals surface area contributed by atoms with Gasteiger partial charge in [-0.1, -0.05) is 24.6 Å². The standard InChI is InChI=1S/C21H35N5O.HI/c1-2-22-21(23-10-13-25-11-6-3-7-12-25)24-18-19-8-4-5-9-20(19)26-14-16-27-17-15-26;/h4-5,8-9H,2-3,6-7,10-18H2,1H3,(H2,22,23,24);1H. The first-order valence-corrected chi connectivity index (χ1v) is 10.5. The maximum absolute atomic E-state index is 5.49. The Bertz CT molecular complexity index is 586. The van der Waals surface area contributed by atoms with Crippen molar-refractivity contribution in [3.8, 4) is 0 Å². The normalized spacial score (nSPS) is 18.5. The first-order valence-electron chi connectivity index (χ1n) is 10.5. The van der Waals surface area contributed by atoms with Crippen molar-refractivity contribution < 1.29 is 4.74 Å². The molecule has 2 aliphatic heterocycles. The Morgan fingerprint density at radius 2 is 1.79 bits per heavy atom. The van der Waals surface area contributed by atoms with E-state index in [1.807, 2.05) is 0 Å². The van der Waals surface area contributed by atoms with Crippen molar-refractivity contribution in [1.29, 1.82) is 0 Å². The van der Waals surface area contributed by atoms with E-state index < -0.39 is 0 Å². The number of likely N-dealkylation sites (tertiary alicyclic amines) is 1. The van der Waals surface area contributed by atoms with Crippen LogP contribution in [0, 0.1) is 0 Å². The summed E-state index contributed by atoms with van der Waals surface area (Å²) in [6.07, 6.45) is 4.07. The van der Waals surface area contributed by atoms with Gasteiger partial charge in [-0.05, 0) is 44.5 Å². The molecule has 1 aromatic carbocycles. The fourth-order valence-corrected chi connectivity index (χ4v) is 3.78. The molecule has 0 spiro atoms. The molecular weight excluding hydrogens is 465 g/mol. The lowest BCUT2D eigenvalue weighted by Gasteiger charge is -2.30. The minimum Gasteiger partial charge on any atom is -0.378 e. The Balaban J connectivity index is 0.00000280. The monoisotopic (exact) mass is 501 g/mol. The molecule has 2 fully saturated rings. The van der Waals surface area contributed by atoms with Crippen LogP contribution in [0.15, 0.2) is 29.3 Å². The van der Waals surface area contributed by atoms with Crippen LogP contribution >= 0.6 is 24.0 Å². The number of aliphatic imine (C=N–C) groups is 1. The second-order valence-corrected chi connectivity index (χ2v) is 7.25. The number of rotatable bonds is 7. The number of benzene rings is 1. The predicted octanol–water partition coefficient (Wildman–Crippen LogP) is 2.68. The molecule has 6 nitrogen and oxygen atoms in total. The summed E-state index contributed by atoms with van der Waals surface area (Å²) < 4.78 is 5.49. The number of halogens is 1. The molecular formula is C21H36IN5O. The van der Waals surface area contributed by atoms with Crippen molar-refractivity contribution in [1.82, 2.24) is 15.5 Å². The van der Waals surface area contributed by atoms with E-state index in [0.29, 0.717) is 6.54 Å². The quantitative estimate of drug-likeness (QED) is 0.342. The number of nitrogens with zero attached hydrogens (tertiary/aromatic N) is 3. The number of para-hydroxylation sites is 1. The highest BCUT2D eigenvalue weighted by atomic mass is 127. The van der Waals surface area contributed by atoms with Crippen molar-refractivity contribution >= 4 is 35.6 Å². The number of anilines is 1. The third-order valence-electron chi connectivity index (χ3n) is 5.26. The Morgan fingerprint density at radius 3 is 2.54 bits per heavy atom. The van der Waals surface area contributed by atoms with Crippen LogP contribution in [0.25, 0.3) is 0 Å². The van der Waals surface area contributed by atoms with Crippen LogP contribution in [0.1, 0.15) is 31.7 Å². The maximum atomic E-state index is 5.49. The fourth-order valence-electron chi connectivity index (χ4n) is 3.78. The van der Waals surface area contributed by atoms with Crippen molar-refractivity contribution in [3.05, 3.63) is 29.8 Å².